The molecule has 0 fully saturated rings. The fraction of sp³-hybridized carbons (Fsp3) is 0.333. The normalized spacial score (nSPS) is 10.6. The van der Waals surface area contributed by atoms with Crippen LogP contribution in [0, 0.1) is 12.7 Å². The second kappa shape index (κ2) is 6.32. The zero-order valence-electron chi connectivity index (χ0n) is 11.6. The van der Waals surface area contributed by atoms with E-state index in [0.29, 0.717) is 30.9 Å². The van der Waals surface area contributed by atoms with Gasteiger partial charge in [0.2, 0.25) is 0 Å². The Bertz CT molecular complexity index is 653. The molecule has 0 aliphatic rings. The summed E-state index contributed by atoms with van der Waals surface area (Å²) >= 11 is 0. The van der Waals surface area contributed by atoms with Gasteiger partial charge >= 0.3 is 0 Å². The van der Waals surface area contributed by atoms with E-state index in [-0.39, 0.29) is 11.4 Å². The highest BCUT2D eigenvalue weighted by Crippen LogP contribution is 2.12. The number of hydrogen-bond acceptors (Lipinski definition) is 3. The van der Waals surface area contributed by atoms with Crippen molar-refractivity contribution in [3.8, 4) is 5.75 Å². The van der Waals surface area contributed by atoms with Crippen LogP contribution in [0.5, 0.6) is 5.75 Å². The van der Waals surface area contributed by atoms with Crippen LogP contribution in [-0.2, 0) is 13.5 Å². The zero-order valence-corrected chi connectivity index (χ0v) is 11.6. The Morgan fingerprint density at radius 3 is 2.90 bits per heavy atom. The number of hydrogen-bond donors (Lipinski definition) is 0. The number of halogens is 1. The van der Waals surface area contributed by atoms with Gasteiger partial charge in [-0.3, -0.25) is 9.36 Å². The van der Waals surface area contributed by atoms with Crippen LogP contribution < -0.4 is 10.3 Å². The molecule has 4 nitrogen and oxygen atoms in total. The van der Waals surface area contributed by atoms with Crippen molar-refractivity contribution in [3.63, 3.8) is 0 Å². The average Bonchev–Trinajstić information content (AvgIpc) is 2.40. The summed E-state index contributed by atoms with van der Waals surface area (Å²) in [5, 5.41) is 0. The SMILES string of the molecule is Cc1cc(=O)n(C)c(CCCOc2cccc(F)c2)n1. The Morgan fingerprint density at radius 2 is 2.15 bits per heavy atom. The standard InChI is InChI=1S/C15H17FN2O2/c1-11-9-15(19)18(2)14(17-11)7-4-8-20-13-6-3-5-12(16)10-13/h3,5-6,9-10H,4,7-8H2,1-2H3. The van der Waals surface area contributed by atoms with Gasteiger partial charge in [-0.05, 0) is 25.5 Å². The maximum Gasteiger partial charge on any atom is 0.253 e. The van der Waals surface area contributed by atoms with E-state index in [2.05, 4.69) is 4.98 Å². The van der Waals surface area contributed by atoms with Gasteiger partial charge in [0, 0.05) is 31.3 Å². The summed E-state index contributed by atoms with van der Waals surface area (Å²) in [6.07, 6.45) is 1.35. The summed E-state index contributed by atoms with van der Waals surface area (Å²) in [6.45, 7) is 2.25. The van der Waals surface area contributed by atoms with Gasteiger partial charge in [-0.25, -0.2) is 9.37 Å². The van der Waals surface area contributed by atoms with Crippen molar-refractivity contribution in [2.24, 2.45) is 7.05 Å². The van der Waals surface area contributed by atoms with Crippen LogP contribution in [0.25, 0.3) is 0 Å². The van der Waals surface area contributed by atoms with Crippen molar-refractivity contribution in [2.45, 2.75) is 19.8 Å². The Balaban J connectivity index is 1.89. The van der Waals surface area contributed by atoms with E-state index in [1.165, 1.54) is 22.8 Å². The third-order valence-corrected chi connectivity index (χ3v) is 2.97. The van der Waals surface area contributed by atoms with Crippen LogP contribution in [-0.4, -0.2) is 16.2 Å². The Labute approximate surface area is 116 Å². The number of ether oxygens (including phenoxy) is 1. The smallest absolute Gasteiger partial charge is 0.253 e. The topological polar surface area (TPSA) is 44.1 Å². The van der Waals surface area contributed by atoms with Crippen LogP contribution in [0.2, 0.25) is 0 Å². The fourth-order valence-electron chi connectivity index (χ4n) is 1.91. The second-order valence-electron chi connectivity index (χ2n) is 4.62. The molecular weight excluding hydrogens is 259 g/mol. The summed E-state index contributed by atoms with van der Waals surface area (Å²) < 4.78 is 19.9. The molecule has 5 heteroatoms. The number of aryl methyl sites for hydroxylation is 2. The van der Waals surface area contributed by atoms with E-state index in [0.717, 1.165) is 5.82 Å². The molecule has 0 bridgehead atoms. The summed E-state index contributed by atoms with van der Waals surface area (Å²) in [5.74, 6) is 0.930. The van der Waals surface area contributed by atoms with Gasteiger partial charge in [0.1, 0.15) is 17.4 Å². The van der Waals surface area contributed by atoms with E-state index in [4.69, 9.17) is 4.74 Å². The summed E-state index contributed by atoms with van der Waals surface area (Å²) in [7, 11) is 1.71. The molecule has 0 unspecified atom stereocenters. The third kappa shape index (κ3) is 3.66. The lowest BCUT2D eigenvalue weighted by atomic mass is 10.3. The maximum absolute atomic E-state index is 13.0. The molecule has 0 aliphatic heterocycles. The first kappa shape index (κ1) is 14.2. The van der Waals surface area contributed by atoms with Gasteiger partial charge in [-0.2, -0.15) is 0 Å². The van der Waals surface area contributed by atoms with Crippen LogP contribution in [0.4, 0.5) is 4.39 Å². The van der Waals surface area contributed by atoms with Crippen molar-refractivity contribution in [1.82, 2.24) is 9.55 Å². The monoisotopic (exact) mass is 276 g/mol. The predicted octanol–water partition coefficient (Wildman–Crippen LogP) is 2.24. The van der Waals surface area contributed by atoms with Gasteiger partial charge in [0.05, 0.1) is 6.61 Å². The molecule has 2 aromatic rings. The molecule has 0 spiro atoms. The molecule has 0 N–H and O–H groups in total. The predicted molar refractivity (Wildman–Crippen MR) is 74.4 cm³/mol. The maximum atomic E-state index is 13.0. The highest BCUT2D eigenvalue weighted by molar-refractivity contribution is 5.22. The van der Waals surface area contributed by atoms with Crippen molar-refractivity contribution < 1.29 is 9.13 Å². The number of aromatic nitrogens is 2. The minimum Gasteiger partial charge on any atom is -0.493 e. The first-order chi connectivity index (χ1) is 9.56. The summed E-state index contributed by atoms with van der Waals surface area (Å²) in [6, 6.07) is 7.55. The molecule has 2 rings (SSSR count). The van der Waals surface area contributed by atoms with E-state index < -0.39 is 0 Å². The van der Waals surface area contributed by atoms with Gasteiger partial charge in [0.15, 0.2) is 0 Å². The molecule has 0 amide bonds. The minimum atomic E-state index is -0.315. The van der Waals surface area contributed by atoms with Crippen molar-refractivity contribution in [2.75, 3.05) is 6.61 Å². The third-order valence-electron chi connectivity index (χ3n) is 2.97. The molecule has 20 heavy (non-hydrogen) atoms. The van der Waals surface area contributed by atoms with Crippen LogP contribution in [0.15, 0.2) is 35.1 Å². The lowest BCUT2D eigenvalue weighted by Gasteiger charge is -2.09. The number of nitrogens with zero attached hydrogens (tertiary/aromatic N) is 2. The molecule has 0 saturated carbocycles. The fourth-order valence-corrected chi connectivity index (χ4v) is 1.91. The average molecular weight is 276 g/mol. The Kier molecular flexibility index (Phi) is 4.50. The highest BCUT2D eigenvalue weighted by Gasteiger charge is 2.04. The molecule has 0 aliphatic carbocycles. The van der Waals surface area contributed by atoms with Gasteiger partial charge < -0.3 is 4.74 Å². The molecular formula is C15H17FN2O2. The van der Waals surface area contributed by atoms with E-state index in [9.17, 15) is 9.18 Å². The first-order valence-corrected chi connectivity index (χ1v) is 6.48. The summed E-state index contributed by atoms with van der Waals surface area (Å²) in [5.41, 5.74) is 0.660. The summed E-state index contributed by atoms with van der Waals surface area (Å²) in [4.78, 5) is 15.9. The van der Waals surface area contributed by atoms with Crippen LogP contribution in [0.1, 0.15) is 17.9 Å². The molecule has 1 heterocycles. The quantitative estimate of drug-likeness (QED) is 0.787. The minimum absolute atomic E-state index is 0.0569. The molecule has 1 aromatic carbocycles. The molecule has 0 radical (unpaired) electrons. The number of benzene rings is 1. The Hall–Kier alpha value is -2.17. The Morgan fingerprint density at radius 1 is 1.35 bits per heavy atom. The van der Waals surface area contributed by atoms with E-state index in [1.807, 2.05) is 0 Å². The van der Waals surface area contributed by atoms with Crippen molar-refractivity contribution >= 4 is 0 Å². The second-order valence-corrected chi connectivity index (χ2v) is 4.62. The van der Waals surface area contributed by atoms with E-state index in [1.54, 1.807) is 26.1 Å². The molecule has 0 atom stereocenters. The van der Waals surface area contributed by atoms with Crippen molar-refractivity contribution in [3.05, 3.63) is 58.0 Å². The van der Waals surface area contributed by atoms with Crippen LogP contribution in [0.3, 0.4) is 0 Å². The zero-order chi connectivity index (χ0) is 14.5. The molecule has 0 saturated heterocycles. The largest absolute Gasteiger partial charge is 0.493 e. The van der Waals surface area contributed by atoms with Crippen LogP contribution >= 0.6 is 0 Å². The first-order valence-electron chi connectivity index (χ1n) is 6.48. The number of rotatable bonds is 5. The van der Waals surface area contributed by atoms with Gasteiger partial charge in [0.25, 0.3) is 5.56 Å². The lowest BCUT2D eigenvalue weighted by molar-refractivity contribution is 0.307. The van der Waals surface area contributed by atoms with E-state index >= 15 is 0 Å². The molecule has 1 aromatic heterocycles. The van der Waals surface area contributed by atoms with Crippen molar-refractivity contribution in [1.29, 1.82) is 0 Å². The van der Waals surface area contributed by atoms with Gasteiger partial charge in [-0.1, -0.05) is 6.07 Å². The lowest BCUT2D eigenvalue weighted by Crippen LogP contribution is -2.22. The van der Waals surface area contributed by atoms with Gasteiger partial charge in [-0.15, -0.1) is 0 Å². The highest BCUT2D eigenvalue weighted by atomic mass is 19.1. The molecule has 106 valence electrons.